The zero-order valence-electron chi connectivity index (χ0n) is 15.6. The Hall–Kier alpha value is -2.92. The molecule has 0 saturated carbocycles. The summed E-state index contributed by atoms with van der Waals surface area (Å²) in [5.74, 6) is 1.59. The number of ether oxygens (including phenoxy) is 1. The number of rotatable bonds is 5. The maximum atomic E-state index is 5.48. The van der Waals surface area contributed by atoms with Crippen molar-refractivity contribution in [1.29, 1.82) is 0 Å². The topological polar surface area (TPSA) is 50.3 Å². The maximum absolute atomic E-state index is 5.48. The Morgan fingerprint density at radius 1 is 0.963 bits per heavy atom. The van der Waals surface area contributed by atoms with Gasteiger partial charge in [0.05, 0.1) is 18.9 Å². The van der Waals surface area contributed by atoms with Gasteiger partial charge in [-0.15, -0.1) is 0 Å². The van der Waals surface area contributed by atoms with E-state index in [2.05, 4.69) is 59.6 Å². The molecule has 1 aromatic heterocycles. The van der Waals surface area contributed by atoms with Gasteiger partial charge < -0.3 is 15.0 Å². The van der Waals surface area contributed by atoms with E-state index in [1.54, 1.807) is 0 Å². The van der Waals surface area contributed by atoms with Crippen molar-refractivity contribution in [2.24, 2.45) is 0 Å². The van der Waals surface area contributed by atoms with Gasteiger partial charge in [-0.25, -0.2) is 4.98 Å². The lowest BCUT2D eigenvalue weighted by atomic mass is 10.1. The van der Waals surface area contributed by atoms with Crippen LogP contribution in [0.1, 0.15) is 11.1 Å². The van der Waals surface area contributed by atoms with E-state index in [4.69, 9.17) is 14.7 Å². The molecule has 4 rings (SSSR count). The summed E-state index contributed by atoms with van der Waals surface area (Å²) >= 11 is 0. The molecule has 5 heteroatoms. The van der Waals surface area contributed by atoms with Crippen LogP contribution in [-0.4, -0.2) is 36.3 Å². The summed E-state index contributed by atoms with van der Waals surface area (Å²) in [6.45, 7) is 5.96. The van der Waals surface area contributed by atoms with Crippen molar-refractivity contribution in [3.63, 3.8) is 0 Å². The van der Waals surface area contributed by atoms with E-state index in [9.17, 15) is 0 Å². The molecule has 27 heavy (non-hydrogen) atoms. The Bertz CT molecular complexity index is 875. The summed E-state index contributed by atoms with van der Waals surface area (Å²) < 4.78 is 5.48. The van der Waals surface area contributed by atoms with Crippen LogP contribution in [0.5, 0.6) is 0 Å². The Morgan fingerprint density at radius 3 is 2.44 bits per heavy atom. The van der Waals surface area contributed by atoms with Gasteiger partial charge in [0.25, 0.3) is 0 Å². The number of benzene rings is 2. The monoisotopic (exact) mass is 360 g/mol. The molecule has 0 radical (unpaired) electrons. The molecule has 2 heterocycles. The molecule has 2 aromatic carbocycles. The van der Waals surface area contributed by atoms with Crippen LogP contribution in [0.25, 0.3) is 11.3 Å². The van der Waals surface area contributed by atoms with Gasteiger partial charge in [-0.2, -0.15) is 4.98 Å². The summed E-state index contributed by atoms with van der Waals surface area (Å²) in [5.41, 5.74) is 4.49. The van der Waals surface area contributed by atoms with Crippen LogP contribution in [0.3, 0.4) is 0 Å². The third-order valence-electron chi connectivity index (χ3n) is 4.69. The molecule has 1 aliphatic heterocycles. The Morgan fingerprint density at radius 2 is 1.70 bits per heavy atom. The molecule has 0 spiro atoms. The minimum absolute atomic E-state index is 0.651. The van der Waals surface area contributed by atoms with E-state index in [0.29, 0.717) is 12.5 Å². The molecule has 1 fully saturated rings. The lowest BCUT2D eigenvalue weighted by molar-refractivity contribution is 0.122. The highest BCUT2D eigenvalue weighted by atomic mass is 16.5. The number of nitrogens with zero attached hydrogens (tertiary/aromatic N) is 3. The fourth-order valence-electron chi connectivity index (χ4n) is 3.11. The first-order valence-electron chi connectivity index (χ1n) is 9.34. The molecule has 0 aliphatic carbocycles. The molecular weight excluding hydrogens is 336 g/mol. The zero-order chi connectivity index (χ0) is 18.5. The van der Waals surface area contributed by atoms with Crippen molar-refractivity contribution in [3.05, 3.63) is 71.8 Å². The third-order valence-corrected chi connectivity index (χ3v) is 4.69. The summed E-state index contributed by atoms with van der Waals surface area (Å²) in [6, 6.07) is 20.8. The first-order chi connectivity index (χ1) is 13.3. The predicted octanol–water partition coefficient (Wildman–Crippen LogP) is 3.90. The fraction of sp³-hybridized carbons (Fsp3) is 0.273. The first kappa shape index (κ1) is 17.5. The molecule has 0 atom stereocenters. The molecular formula is C22H24N4O. The quantitative estimate of drug-likeness (QED) is 0.748. The average Bonchev–Trinajstić information content (AvgIpc) is 2.74. The summed E-state index contributed by atoms with van der Waals surface area (Å²) in [4.78, 5) is 11.8. The molecule has 0 bridgehead atoms. The van der Waals surface area contributed by atoms with Gasteiger partial charge in [-0.05, 0) is 12.5 Å². The Kier molecular flexibility index (Phi) is 5.30. The number of hydrogen-bond acceptors (Lipinski definition) is 5. The van der Waals surface area contributed by atoms with Crippen molar-refractivity contribution in [2.45, 2.75) is 13.5 Å². The van der Waals surface area contributed by atoms with Crippen LogP contribution < -0.4 is 10.2 Å². The molecule has 3 aromatic rings. The molecule has 1 aliphatic rings. The van der Waals surface area contributed by atoms with Gasteiger partial charge in [-0.3, -0.25) is 0 Å². The molecule has 0 unspecified atom stereocenters. The number of aromatic nitrogens is 2. The van der Waals surface area contributed by atoms with E-state index >= 15 is 0 Å². The number of nitrogens with one attached hydrogen (secondary N) is 1. The number of hydrogen-bond donors (Lipinski definition) is 1. The molecule has 138 valence electrons. The van der Waals surface area contributed by atoms with Gasteiger partial charge in [0.1, 0.15) is 5.82 Å². The van der Waals surface area contributed by atoms with Crippen LogP contribution in [0.4, 0.5) is 11.8 Å². The van der Waals surface area contributed by atoms with Crippen LogP contribution >= 0.6 is 0 Å². The van der Waals surface area contributed by atoms with Crippen LogP contribution in [0, 0.1) is 6.92 Å². The zero-order valence-corrected chi connectivity index (χ0v) is 15.6. The van der Waals surface area contributed by atoms with Crippen LogP contribution in [0.15, 0.2) is 60.7 Å². The lowest BCUT2D eigenvalue weighted by Gasteiger charge is -2.28. The Balaban J connectivity index is 1.61. The smallest absolute Gasteiger partial charge is 0.225 e. The third kappa shape index (κ3) is 4.44. The minimum Gasteiger partial charge on any atom is -0.378 e. The van der Waals surface area contributed by atoms with Crippen molar-refractivity contribution in [3.8, 4) is 11.3 Å². The summed E-state index contributed by atoms with van der Waals surface area (Å²) in [7, 11) is 0. The summed E-state index contributed by atoms with van der Waals surface area (Å²) in [6.07, 6.45) is 0. The average molecular weight is 360 g/mol. The van der Waals surface area contributed by atoms with Gasteiger partial charge in [-0.1, -0.05) is 60.2 Å². The van der Waals surface area contributed by atoms with Crippen molar-refractivity contribution < 1.29 is 4.74 Å². The van der Waals surface area contributed by atoms with E-state index < -0.39 is 0 Å². The molecule has 0 amide bonds. The second-order valence-electron chi connectivity index (χ2n) is 6.74. The van der Waals surface area contributed by atoms with Crippen LogP contribution in [0.2, 0.25) is 0 Å². The van der Waals surface area contributed by atoms with Gasteiger partial charge in [0.2, 0.25) is 5.95 Å². The fourth-order valence-corrected chi connectivity index (χ4v) is 3.11. The molecule has 5 nitrogen and oxygen atoms in total. The SMILES string of the molecule is Cc1ccc(CNc2nc(-c3ccccc3)cc(N3CCOCC3)n2)cc1. The maximum Gasteiger partial charge on any atom is 0.225 e. The van der Waals surface area contributed by atoms with Crippen molar-refractivity contribution in [1.82, 2.24) is 9.97 Å². The van der Waals surface area contributed by atoms with Gasteiger partial charge in [0, 0.05) is 31.3 Å². The predicted molar refractivity (Wildman–Crippen MR) is 109 cm³/mol. The van der Waals surface area contributed by atoms with Gasteiger partial charge in [0.15, 0.2) is 0 Å². The highest BCUT2D eigenvalue weighted by molar-refractivity contribution is 5.64. The van der Waals surface area contributed by atoms with E-state index in [-0.39, 0.29) is 0 Å². The highest BCUT2D eigenvalue weighted by Gasteiger charge is 2.15. The molecule has 1 saturated heterocycles. The van der Waals surface area contributed by atoms with Gasteiger partial charge >= 0.3 is 0 Å². The standard InChI is InChI=1S/C22H24N4O/c1-17-7-9-18(10-8-17)16-23-22-24-20(19-5-3-2-4-6-19)15-21(25-22)26-11-13-27-14-12-26/h2-10,15H,11-14,16H2,1H3,(H,23,24,25). The second kappa shape index (κ2) is 8.18. The van der Waals surface area contributed by atoms with Crippen LogP contribution in [-0.2, 0) is 11.3 Å². The lowest BCUT2D eigenvalue weighted by Crippen LogP contribution is -2.36. The Labute approximate surface area is 160 Å². The number of anilines is 2. The largest absolute Gasteiger partial charge is 0.378 e. The normalized spacial score (nSPS) is 14.2. The second-order valence-corrected chi connectivity index (χ2v) is 6.74. The van der Waals surface area contributed by atoms with Crippen molar-refractivity contribution in [2.75, 3.05) is 36.5 Å². The number of aryl methyl sites for hydroxylation is 1. The van der Waals surface area contributed by atoms with E-state index in [1.165, 1.54) is 11.1 Å². The number of morpholine rings is 1. The van der Waals surface area contributed by atoms with E-state index in [1.807, 2.05) is 18.2 Å². The highest BCUT2D eigenvalue weighted by Crippen LogP contribution is 2.24. The summed E-state index contributed by atoms with van der Waals surface area (Å²) in [5, 5.41) is 3.39. The molecule has 1 N–H and O–H groups in total. The van der Waals surface area contributed by atoms with Crippen molar-refractivity contribution >= 4 is 11.8 Å². The first-order valence-corrected chi connectivity index (χ1v) is 9.34. The minimum atomic E-state index is 0.651. The van der Waals surface area contributed by atoms with E-state index in [0.717, 1.165) is 43.4 Å².